The molecule has 0 amide bonds. The third kappa shape index (κ3) is 3.55. The van der Waals surface area contributed by atoms with Crippen LogP contribution in [0.5, 0.6) is 0 Å². The quantitative estimate of drug-likeness (QED) is 0.443. The fraction of sp³-hybridized carbons (Fsp3) is 0.636. The zero-order chi connectivity index (χ0) is 18.7. The van der Waals surface area contributed by atoms with Gasteiger partial charge in [-0.1, -0.05) is 89.9 Å². The van der Waals surface area contributed by atoms with Crippen molar-refractivity contribution in [1.82, 2.24) is 4.57 Å². The Hall–Kier alpha value is -0.806. The average molecular weight is 374 g/mol. The van der Waals surface area contributed by atoms with E-state index in [1.165, 1.54) is 47.8 Å². The Labute approximate surface area is 157 Å². The van der Waals surface area contributed by atoms with Gasteiger partial charge in [-0.15, -0.1) is 0 Å². The Bertz CT molecular complexity index is 677. The lowest BCUT2D eigenvalue weighted by atomic mass is 10.1. The van der Waals surface area contributed by atoms with Crippen molar-refractivity contribution in [2.24, 2.45) is 7.05 Å². The van der Waals surface area contributed by atoms with Crippen LogP contribution in [0, 0.1) is 0 Å². The summed E-state index contributed by atoms with van der Waals surface area (Å²) in [6.45, 7) is 14.5. The number of rotatable bonds is 9. The van der Waals surface area contributed by atoms with Crippen molar-refractivity contribution in [3.8, 4) is 0 Å². The van der Waals surface area contributed by atoms with Gasteiger partial charge in [0.25, 0.3) is 0 Å². The molecule has 0 fully saturated rings. The summed E-state index contributed by atoms with van der Waals surface area (Å²) in [6, 6.07) is 19.3. The van der Waals surface area contributed by atoms with Gasteiger partial charge in [0, 0.05) is 23.3 Å². The molecule has 3 heteroatoms. The molecule has 0 spiro atoms. The van der Waals surface area contributed by atoms with Gasteiger partial charge in [-0.3, -0.25) is 0 Å². The van der Waals surface area contributed by atoms with Gasteiger partial charge >= 0.3 is 0 Å². The van der Waals surface area contributed by atoms with Gasteiger partial charge in [-0.2, -0.15) is 0 Å². The Morgan fingerprint density at radius 1 is 0.800 bits per heavy atom. The van der Waals surface area contributed by atoms with Gasteiger partial charge in [0.2, 0.25) is 0 Å². The molecule has 0 aliphatic carbocycles. The predicted octanol–water partition coefficient (Wildman–Crippen LogP) is 6.48. The molecule has 0 unspecified atom stereocenters. The molecule has 1 heterocycles. The Kier molecular flexibility index (Phi) is 6.77. The highest BCUT2D eigenvalue weighted by atomic mass is 28.3. The van der Waals surface area contributed by atoms with E-state index in [9.17, 15) is 0 Å². The Morgan fingerprint density at radius 3 is 1.84 bits per heavy atom. The minimum Gasteiger partial charge on any atom is -0.352 e. The lowest BCUT2D eigenvalue weighted by Gasteiger charge is -2.28. The molecule has 0 atom stereocenters. The van der Waals surface area contributed by atoms with Crippen LogP contribution < -0.4 is 5.32 Å². The third-order valence-corrected chi connectivity index (χ3v) is 18.8. The Morgan fingerprint density at radius 2 is 1.36 bits per heavy atom. The molecule has 0 saturated carbocycles. The van der Waals surface area contributed by atoms with E-state index in [1.807, 2.05) is 0 Å². The molecule has 0 aliphatic heterocycles. The van der Waals surface area contributed by atoms with Crippen LogP contribution in [-0.4, -0.2) is 20.7 Å². The van der Waals surface area contributed by atoms with Crippen LogP contribution in [0.15, 0.2) is 24.3 Å². The number of hydrogen-bond acceptors (Lipinski definition) is 0. The standard InChI is InChI=1S/C22H39NSi2/c1-8-24(9-2,10-3)18-19-15-14-16-21-20(19)17-22(23(21)7)25(11-4,12-5)13-6/h14-17H,8-13,18H2,1-7H3. The van der Waals surface area contributed by atoms with Crippen LogP contribution in [-0.2, 0) is 13.1 Å². The van der Waals surface area contributed by atoms with Crippen LogP contribution in [0.25, 0.3) is 10.9 Å². The molecule has 2 rings (SSSR count). The van der Waals surface area contributed by atoms with E-state index in [2.05, 4.69) is 77.4 Å². The van der Waals surface area contributed by atoms with Gasteiger partial charge in [0.1, 0.15) is 8.07 Å². The molecular formula is C22H39NSi2. The number of aromatic nitrogens is 1. The first kappa shape index (κ1) is 20.5. The largest absolute Gasteiger partial charge is 0.352 e. The molecule has 0 bridgehead atoms. The lowest BCUT2D eigenvalue weighted by molar-refractivity contribution is 0.982. The summed E-state index contributed by atoms with van der Waals surface area (Å²) >= 11 is 0. The highest BCUT2D eigenvalue weighted by molar-refractivity contribution is 6.91. The second-order valence-electron chi connectivity index (χ2n) is 8.02. The van der Waals surface area contributed by atoms with Crippen LogP contribution in [0.2, 0.25) is 36.3 Å². The summed E-state index contributed by atoms with van der Waals surface area (Å²) < 4.78 is 2.55. The molecule has 1 nitrogen and oxygen atoms in total. The van der Waals surface area contributed by atoms with E-state index in [0.29, 0.717) is 0 Å². The maximum absolute atomic E-state index is 2.60. The molecule has 1 aromatic carbocycles. The fourth-order valence-electron chi connectivity index (χ4n) is 4.91. The van der Waals surface area contributed by atoms with Gasteiger partial charge in [0.15, 0.2) is 0 Å². The van der Waals surface area contributed by atoms with Gasteiger partial charge in [-0.05, 0) is 23.7 Å². The van der Waals surface area contributed by atoms with E-state index in [0.717, 1.165) is 0 Å². The van der Waals surface area contributed by atoms with E-state index in [4.69, 9.17) is 0 Å². The summed E-state index contributed by atoms with van der Waals surface area (Å²) in [5, 5.41) is 3.23. The molecular weight excluding hydrogens is 334 g/mol. The molecule has 1 aromatic heterocycles. The van der Waals surface area contributed by atoms with Gasteiger partial charge in [-0.25, -0.2) is 0 Å². The fourth-order valence-corrected chi connectivity index (χ4v) is 12.1. The van der Waals surface area contributed by atoms with E-state index < -0.39 is 16.1 Å². The van der Waals surface area contributed by atoms with Crippen LogP contribution >= 0.6 is 0 Å². The van der Waals surface area contributed by atoms with Crippen molar-refractivity contribution in [3.63, 3.8) is 0 Å². The second kappa shape index (κ2) is 8.26. The number of aryl methyl sites for hydroxylation is 1. The highest BCUT2D eigenvalue weighted by Crippen LogP contribution is 2.30. The van der Waals surface area contributed by atoms with Crippen molar-refractivity contribution in [2.75, 3.05) is 0 Å². The van der Waals surface area contributed by atoms with E-state index in [1.54, 1.807) is 16.3 Å². The molecule has 0 aliphatic rings. The lowest BCUT2D eigenvalue weighted by Crippen LogP contribution is -2.48. The molecule has 0 saturated heterocycles. The zero-order valence-corrected chi connectivity index (χ0v) is 19.7. The number of hydrogen-bond donors (Lipinski definition) is 0. The minimum atomic E-state index is -1.35. The summed E-state index contributed by atoms with van der Waals surface area (Å²) in [5.74, 6) is 0. The number of nitrogens with zero attached hydrogens (tertiary/aromatic N) is 1. The monoisotopic (exact) mass is 373 g/mol. The topological polar surface area (TPSA) is 4.93 Å². The van der Waals surface area contributed by atoms with Gasteiger partial charge < -0.3 is 4.57 Å². The Balaban J connectivity index is 2.61. The first-order valence-electron chi connectivity index (χ1n) is 10.5. The van der Waals surface area contributed by atoms with Crippen molar-refractivity contribution in [2.45, 2.75) is 83.9 Å². The van der Waals surface area contributed by atoms with E-state index in [-0.39, 0.29) is 0 Å². The predicted molar refractivity (Wildman–Crippen MR) is 121 cm³/mol. The highest BCUT2D eigenvalue weighted by Gasteiger charge is 2.33. The smallest absolute Gasteiger partial charge is 0.107 e. The minimum absolute atomic E-state index is 1.15. The summed E-state index contributed by atoms with van der Waals surface area (Å²) in [5.41, 5.74) is 3.09. The zero-order valence-electron chi connectivity index (χ0n) is 17.7. The first-order chi connectivity index (χ1) is 12.0. The molecule has 25 heavy (non-hydrogen) atoms. The molecule has 0 N–H and O–H groups in total. The maximum atomic E-state index is 2.60. The number of fused-ring (bicyclic) bond motifs is 1. The van der Waals surface area contributed by atoms with Gasteiger partial charge in [0.05, 0.1) is 8.07 Å². The van der Waals surface area contributed by atoms with Crippen LogP contribution in [0.1, 0.15) is 47.1 Å². The summed E-state index contributed by atoms with van der Waals surface area (Å²) in [4.78, 5) is 0. The first-order valence-corrected chi connectivity index (χ1v) is 16.0. The van der Waals surface area contributed by atoms with Crippen LogP contribution in [0.3, 0.4) is 0 Å². The van der Waals surface area contributed by atoms with Crippen molar-refractivity contribution < 1.29 is 0 Å². The average Bonchev–Trinajstić information content (AvgIpc) is 3.00. The van der Waals surface area contributed by atoms with Crippen molar-refractivity contribution >= 4 is 32.4 Å². The van der Waals surface area contributed by atoms with Crippen molar-refractivity contribution in [1.29, 1.82) is 0 Å². The second-order valence-corrected chi connectivity index (χ2v) is 18.7. The summed E-state index contributed by atoms with van der Waals surface area (Å²) in [7, 11) is -0.192. The maximum Gasteiger partial charge on any atom is 0.107 e. The number of benzene rings is 1. The SMILES string of the molecule is CC[Si](CC)(CC)Cc1cccc2c1cc([Si](CC)(CC)CC)n2C. The molecule has 2 aromatic rings. The van der Waals surface area contributed by atoms with Crippen LogP contribution in [0.4, 0.5) is 0 Å². The summed E-state index contributed by atoms with van der Waals surface area (Å²) in [6.07, 6.45) is 0. The van der Waals surface area contributed by atoms with Crippen molar-refractivity contribution in [3.05, 3.63) is 29.8 Å². The third-order valence-electron chi connectivity index (χ3n) is 7.57. The molecule has 140 valence electrons. The normalized spacial score (nSPS) is 12.9. The van der Waals surface area contributed by atoms with E-state index >= 15 is 0 Å². The molecule has 0 radical (unpaired) electrons.